The molecule has 32 heavy (non-hydrogen) atoms. The van der Waals surface area contributed by atoms with Crippen LogP contribution in [0.15, 0.2) is 61.2 Å². The van der Waals surface area contributed by atoms with Gasteiger partial charge in [0.1, 0.15) is 5.52 Å². The zero-order chi connectivity index (χ0) is 22.9. The number of alkyl halides is 3. The van der Waals surface area contributed by atoms with Crippen LogP contribution < -0.4 is 10.6 Å². The summed E-state index contributed by atoms with van der Waals surface area (Å²) in [5.74, 6) is 0. The van der Waals surface area contributed by atoms with Crippen LogP contribution in [0.5, 0.6) is 0 Å². The molecule has 0 fully saturated rings. The highest BCUT2D eigenvalue weighted by atomic mass is 19.4. The van der Waals surface area contributed by atoms with Crippen LogP contribution in [0.4, 0.5) is 29.3 Å². The molecule has 2 heterocycles. The van der Waals surface area contributed by atoms with E-state index in [1.807, 2.05) is 35.8 Å². The molecule has 0 unspecified atom stereocenters. The Bertz CT molecular complexity index is 1280. The summed E-state index contributed by atoms with van der Waals surface area (Å²) in [5, 5.41) is 5.21. The number of hydrogen-bond donors (Lipinski definition) is 2. The Morgan fingerprint density at radius 3 is 2.44 bits per heavy atom. The van der Waals surface area contributed by atoms with Gasteiger partial charge in [-0.25, -0.2) is 9.78 Å². The van der Waals surface area contributed by atoms with Gasteiger partial charge in [-0.2, -0.15) is 13.2 Å². The summed E-state index contributed by atoms with van der Waals surface area (Å²) < 4.78 is 41.4. The van der Waals surface area contributed by atoms with Crippen LogP contribution in [0.1, 0.15) is 22.3 Å². The average molecular weight is 439 g/mol. The van der Waals surface area contributed by atoms with Crippen molar-refractivity contribution in [2.75, 3.05) is 10.6 Å². The van der Waals surface area contributed by atoms with Gasteiger partial charge in [0.25, 0.3) is 0 Å². The summed E-state index contributed by atoms with van der Waals surface area (Å²) in [5.41, 5.74) is 3.08. The normalized spacial score (nSPS) is 11.5. The predicted octanol–water partition coefficient (Wildman–Crippen LogP) is 5.76. The lowest BCUT2D eigenvalue weighted by Crippen LogP contribution is -2.21. The SMILES string of the molecule is Cc1ccc(NC(=O)Nc2c(C)ccc3c2ncn3Cc2ccncc2)cc1C(F)(F)F. The standard InChI is InChI=1S/C23H20F3N5O/c1-14-3-5-17(11-18(14)23(24,25)26)29-22(32)30-20-15(2)4-6-19-21(20)28-13-31(19)12-16-7-9-27-10-8-16/h3-11,13H,12H2,1-2H3,(H2,29,30,32). The number of amides is 2. The number of imidazole rings is 1. The number of pyridine rings is 1. The van der Waals surface area contributed by atoms with E-state index in [1.54, 1.807) is 18.7 Å². The van der Waals surface area contributed by atoms with Crippen molar-refractivity contribution < 1.29 is 18.0 Å². The van der Waals surface area contributed by atoms with Gasteiger partial charge in [0.05, 0.1) is 23.1 Å². The Morgan fingerprint density at radius 2 is 1.72 bits per heavy atom. The molecule has 0 aliphatic heterocycles. The number of nitrogens with one attached hydrogen (secondary N) is 2. The van der Waals surface area contributed by atoms with E-state index in [4.69, 9.17) is 0 Å². The molecule has 2 amide bonds. The average Bonchev–Trinajstić information content (AvgIpc) is 3.14. The van der Waals surface area contributed by atoms with Crippen molar-refractivity contribution in [2.24, 2.45) is 0 Å². The van der Waals surface area contributed by atoms with Gasteiger partial charge in [0.2, 0.25) is 0 Å². The molecule has 0 radical (unpaired) electrons. The number of anilines is 2. The Labute approximate surface area is 182 Å². The van der Waals surface area contributed by atoms with E-state index < -0.39 is 17.8 Å². The summed E-state index contributed by atoms with van der Waals surface area (Å²) in [6, 6.07) is 10.6. The van der Waals surface area contributed by atoms with Gasteiger partial charge in [-0.05, 0) is 60.9 Å². The van der Waals surface area contributed by atoms with Crippen molar-refractivity contribution in [2.45, 2.75) is 26.6 Å². The molecule has 0 saturated heterocycles. The maximum Gasteiger partial charge on any atom is 0.416 e. The van der Waals surface area contributed by atoms with Crippen LogP contribution >= 0.6 is 0 Å². The first kappa shape index (κ1) is 21.4. The molecule has 2 aromatic heterocycles. The number of carbonyl (C=O) groups is 1. The van der Waals surface area contributed by atoms with Crippen LogP contribution in [0, 0.1) is 13.8 Å². The predicted molar refractivity (Wildman–Crippen MR) is 117 cm³/mol. The zero-order valence-corrected chi connectivity index (χ0v) is 17.4. The summed E-state index contributed by atoms with van der Waals surface area (Å²) in [6.07, 6.45) is 0.613. The monoisotopic (exact) mass is 439 g/mol. The van der Waals surface area contributed by atoms with Crippen LogP contribution in [0.3, 0.4) is 0 Å². The summed E-state index contributed by atoms with van der Waals surface area (Å²) in [6.45, 7) is 3.78. The fourth-order valence-electron chi connectivity index (χ4n) is 3.48. The van der Waals surface area contributed by atoms with Crippen molar-refractivity contribution in [3.8, 4) is 0 Å². The zero-order valence-electron chi connectivity index (χ0n) is 17.4. The van der Waals surface area contributed by atoms with Gasteiger partial charge in [-0.3, -0.25) is 4.98 Å². The molecule has 0 aliphatic rings. The van der Waals surface area contributed by atoms with Gasteiger partial charge >= 0.3 is 12.2 Å². The fourth-order valence-corrected chi connectivity index (χ4v) is 3.48. The summed E-state index contributed by atoms with van der Waals surface area (Å²) in [4.78, 5) is 21.0. The van der Waals surface area contributed by atoms with E-state index in [0.717, 1.165) is 22.7 Å². The van der Waals surface area contributed by atoms with Crippen molar-refractivity contribution in [3.05, 3.63) is 83.4 Å². The molecule has 4 rings (SSSR count). The number of aromatic nitrogens is 3. The van der Waals surface area contributed by atoms with Gasteiger partial charge in [0.15, 0.2) is 0 Å². The second kappa shape index (κ2) is 8.33. The molecule has 0 bridgehead atoms. The molecule has 2 aromatic carbocycles. The number of halogens is 3. The second-order valence-electron chi connectivity index (χ2n) is 7.46. The summed E-state index contributed by atoms with van der Waals surface area (Å²) >= 11 is 0. The highest BCUT2D eigenvalue weighted by Gasteiger charge is 2.32. The molecular weight excluding hydrogens is 419 g/mol. The third-order valence-electron chi connectivity index (χ3n) is 5.14. The second-order valence-corrected chi connectivity index (χ2v) is 7.46. The van der Waals surface area contributed by atoms with Crippen LogP contribution in [0.25, 0.3) is 11.0 Å². The minimum atomic E-state index is -4.50. The van der Waals surface area contributed by atoms with Gasteiger partial charge in [-0.15, -0.1) is 0 Å². The van der Waals surface area contributed by atoms with Crippen molar-refractivity contribution in [1.29, 1.82) is 0 Å². The first-order valence-electron chi connectivity index (χ1n) is 9.81. The number of carbonyl (C=O) groups excluding carboxylic acids is 1. The third-order valence-corrected chi connectivity index (χ3v) is 5.14. The first-order chi connectivity index (χ1) is 15.2. The number of hydrogen-bond acceptors (Lipinski definition) is 3. The molecule has 9 heteroatoms. The Morgan fingerprint density at radius 1 is 1.00 bits per heavy atom. The number of nitrogens with zero attached hydrogens (tertiary/aromatic N) is 3. The number of urea groups is 1. The maximum atomic E-state index is 13.2. The quantitative estimate of drug-likeness (QED) is 0.425. The molecule has 0 saturated carbocycles. The minimum absolute atomic E-state index is 0.0495. The Hall–Kier alpha value is -3.88. The van der Waals surface area contributed by atoms with Crippen molar-refractivity contribution in [3.63, 3.8) is 0 Å². The molecule has 0 spiro atoms. The molecule has 164 valence electrons. The van der Waals surface area contributed by atoms with E-state index in [-0.39, 0.29) is 11.3 Å². The number of benzene rings is 2. The molecule has 2 N–H and O–H groups in total. The van der Waals surface area contributed by atoms with Crippen molar-refractivity contribution in [1.82, 2.24) is 14.5 Å². The van der Waals surface area contributed by atoms with Crippen LogP contribution in [0.2, 0.25) is 0 Å². The third kappa shape index (κ3) is 4.41. The fraction of sp³-hybridized carbons (Fsp3) is 0.174. The van der Waals surface area contributed by atoms with Crippen molar-refractivity contribution >= 4 is 28.4 Å². The Balaban J connectivity index is 1.58. The van der Waals surface area contributed by atoms with Gasteiger partial charge in [-0.1, -0.05) is 12.1 Å². The van der Waals surface area contributed by atoms with Gasteiger partial charge < -0.3 is 15.2 Å². The smallest absolute Gasteiger partial charge is 0.326 e. The first-order valence-corrected chi connectivity index (χ1v) is 9.81. The molecule has 0 atom stereocenters. The van der Waals surface area contributed by atoms with E-state index in [0.29, 0.717) is 17.7 Å². The summed E-state index contributed by atoms with van der Waals surface area (Å²) in [7, 11) is 0. The lowest BCUT2D eigenvalue weighted by Gasteiger charge is -2.14. The number of aryl methyl sites for hydroxylation is 2. The highest BCUT2D eigenvalue weighted by molar-refractivity contribution is 6.05. The molecule has 6 nitrogen and oxygen atoms in total. The van der Waals surface area contributed by atoms with E-state index in [9.17, 15) is 18.0 Å². The van der Waals surface area contributed by atoms with Gasteiger partial charge in [0, 0.05) is 24.6 Å². The maximum absolute atomic E-state index is 13.2. The van der Waals surface area contributed by atoms with E-state index in [1.165, 1.54) is 19.1 Å². The number of rotatable bonds is 4. The molecule has 0 aliphatic carbocycles. The molecule has 4 aromatic rings. The molecular formula is C23H20F3N5O. The lowest BCUT2D eigenvalue weighted by molar-refractivity contribution is -0.138. The van der Waals surface area contributed by atoms with E-state index in [2.05, 4.69) is 20.6 Å². The topological polar surface area (TPSA) is 71.8 Å². The van der Waals surface area contributed by atoms with E-state index >= 15 is 0 Å². The highest BCUT2D eigenvalue weighted by Crippen LogP contribution is 2.33. The number of fused-ring (bicyclic) bond motifs is 1. The minimum Gasteiger partial charge on any atom is -0.326 e. The largest absolute Gasteiger partial charge is 0.416 e. The van der Waals surface area contributed by atoms with Crippen LogP contribution in [-0.2, 0) is 12.7 Å². The van der Waals surface area contributed by atoms with Crippen LogP contribution in [-0.4, -0.2) is 20.6 Å². The Kier molecular flexibility index (Phi) is 5.56. The lowest BCUT2D eigenvalue weighted by atomic mass is 10.1.